The van der Waals surface area contributed by atoms with Crippen LogP contribution < -0.4 is 5.32 Å². The van der Waals surface area contributed by atoms with E-state index in [9.17, 15) is 19.5 Å². The second-order valence-electron chi connectivity index (χ2n) is 8.15. The van der Waals surface area contributed by atoms with Crippen molar-refractivity contribution in [3.63, 3.8) is 0 Å². The van der Waals surface area contributed by atoms with Crippen LogP contribution in [-0.4, -0.2) is 52.4 Å². The lowest BCUT2D eigenvalue weighted by Crippen LogP contribution is -2.56. The van der Waals surface area contributed by atoms with Crippen LogP contribution in [0.4, 0.5) is 9.59 Å². The van der Waals surface area contributed by atoms with E-state index in [2.05, 4.69) is 5.32 Å². The van der Waals surface area contributed by atoms with Gasteiger partial charge in [-0.3, -0.25) is 4.79 Å². The summed E-state index contributed by atoms with van der Waals surface area (Å²) in [5.74, 6) is -1.06. The molecule has 160 valence electrons. The fourth-order valence-electron chi connectivity index (χ4n) is 3.33. The summed E-state index contributed by atoms with van der Waals surface area (Å²) in [5.41, 5.74) is 0.155. The third-order valence-corrected chi connectivity index (χ3v) is 4.55. The van der Waals surface area contributed by atoms with Gasteiger partial charge in [0.25, 0.3) is 0 Å². The number of alkyl carbamates (subject to hydrolysis) is 1. The lowest BCUT2D eigenvalue weighted by Gasteiger charge is -2.39. The van der Waals surface area contributed by atoms with Crippen LogP contribution in [0.3, 0.4) is 0 Å². The van der Waals surface area contributed by atoms with Gasteiger partial charge < -0.3 is 24.8 Å². The van der Waals surface area contributed by atoms with E-state index in [4.69, 9.17) is 9.47 Å². The van der Waals surface area contributed by atoms with E-state index < -0.39 is 35.8 Å². The molecule has 2 amide bonds. The summed E-state index contributed by atoms with van der Waals surface area (Å²) >= 11 is 0. The molecule has 0 bridgehead atoms. The number of likely N-dealkylation sites (tertiary alicyclic amines) is 1. The molecule has 8 heteroatoms. The predicted molar refractivity (Wildman–Crippen MR) is 106 cm³/mol. The Balaban J connectivity index is 2.08. The molecule has 8 nitrogen and oxygen atoms in total. The van der Waals surface area contributed by atoms with Gasteiger partial charge in [0, 0.05) is 6.54 Å². The average Bonchev–Trinajstić information content (AvgIpc) is 2.64. The zero-order valence-electron chi connectivity index (χ0n) is 17.2. The Morgan fingerprint density at radius 3 is 2.52 bits per heavy atom. The van der Waals surface area contributed by atoms with E-state index in [1.165, 1.54) is 4.90 Å². The number of hydrogen-bond donors (Lipinski definition) is 2. The summed E-state index contributed by atoms with van der Waals surface area (Å²) < 4.78 is 10.7. The van der Waals surface area contributed by atoms with E-state index in [0.717, 1.165) is 18.4 Å². The Labute approximate surface area is 171 Å². The van der Waals surface area contributed by atoms with Gasteiger partial charge in [-0.2, -0.15) is 0 Å². The molecule has 0 spiro atoms. The third-order valence-electron chi connectivity index (χ3n) is 4.55. The molecule has 0 radical (unpaired) electrons. The number of hydrogen-bond acceptors (Lipinski definition) is 5. The first-order chi connectivity index (χ1) is 13.7. The number of piperidine rings is 1. The van der Waals surface area contributed by atoms with Crippen LogP contribution in [0.5, 0.6) is 0 Å². The minimum absolute atomic E-state index is 0.131. The normalized spacial score (nSPS) is 17.9. The van der Waals surface area contributed by atoms with Gasteiger partial charge in [-0.1, -0.05) is 30.3 Å². The molecular weight excluding hydrogens is 376 g/mol. The van der Waals surface area contributed by atoms with Gasteiger partial charge >= 0.3 is 18.2 Å². The van der Waals surface area contributed by atoms with E-state index in [0.29, 0.717) is 13.0 Å². The highest BCUT2D eigenvalue weighted by molar-refractivity contribution is 5.73. The van der Waals surface area contributed by atoms with Crippen LogP contribution in [0.25, 0.3) is 0 Å². The van der Waals surface area contributed by atoms with Gasteiger partial charge in [0.15, 0.2) is 0 Å². The molecule has 1 aliphatic rings. The molecule has 2 N–H and O–H groups in total. The van der Waals surface area contributed by atoms with E-state index in [1.807, 2.05) is 30.3 Å². The molecule has 29 heavy (non-hydrogen) atoms. The zero-order valence-corrected chi connectivity index (χ0v) is 17.2. The molecule has 0 saturated carbocycles. The minimum atomic E-state index is -1.06. The highest BCUT2D eigenvalue weighted by Gasteiger charge is 2.36. The molecule has 1 saturated heterocycles. The number of aliphatic carboxylic acids is 1. The molecule has 1 fully saturated rings. The number of benzene rings is 1. The first-order valence-corrected chi connectivity index (χ1v) is 9.84. The highest BCUT2D eigenvalue weighted by Crippen LogP contribution is 2.23. The van der Waals surface area contributed by atoms with Crippen molar-refractivity contribution in [1.82, 2.24) is 10.2 Å². The largest absolute Gasteiger partial charge is 0.481 e. The maximum Gasteiger partial charge on any atom is 0.410 e. The first-order valence-electron chi connectivity index (χ1n) is 9.84. The molecule has 0 aromatic heterocycles. The van der Waals surface area contributed by atoms with Gasteiger partial charge in [0.2, 0.25) is 0 Å². The summed E-state index contributed by atoms with van der Waals surface area (Å²) in [7, 11) is 0. The predicted octanol–water partition coefficient (Wildman–Crippen LogP) is 3.55. The third kappa shape index (κ3) is 7.63. The number of rotatable bonds is 6. The van der Waals surface area contributed by atoms with Gasteiger partial charge in [-0.05, 0) is 45.6 Å². The summed E-state index contributed by atoms with van der Waals surface area (Å²) in [5, 5.41) is 12.0. The monoisotopic (exact) mass is 406 g/mol. The van der Waals surface area contributed by atoms with Crippen LogP contribution >= 0.6 is 0 Å². The second-order valence-corrected chi connectivity index (χ2v) is 8.15. The summed E-state index contributed by atoms with van der Waals surface area (Å²) in [6.07, 6.45) is 0.676. The highest BCUT2D eigenvalue weighted by atomic mass is 16.6. The molecule has 0 aliphatic carbocycles. The topological polar surface area (TPSA) is 105 Å². The smallest absolute Gasteiger partial charge is 0.410 e. The standard InChI is InChI=1S/C21H30N2O6/c1-21(2,3)29-19(26)22-16(13-18(24)25)17-11-7-8-12-23(17)20(27)28-14-15-9-5-4-6-10-15/h4-6,9-10,16-17H,7-8,11-14H2,1-3H3,(H,22,26)(H,24,25). The second kappa shape index (κ2) is 10.1. The number of carbonyl (C=O) groups excluding carboxylic acids is 2. The van der Waals surface area contributed by atoms with Gasteiger partial charge in [-0.15, -0.1) is 0 Å². The van der Waals surface area contributed by atoms with Gasteiger partial charge in [-0.25, -0.2) is 9.59 Å². The van der Waals surface area contributed by atoms with Crippen molar-refractivity contribution < 1.29 is 29.0 Å². The molecule has 2 unspecified atom stereocenters. The lowest BCUT2D eigenvalue weighted by atomic mass is 9.94. The lowest BCUT2D eigenvalue weighted by molar-refractivity contribution is -0.138. The van der Waals surface area contributed by atoms with Gasteiger partial charge in [0.1, 0.15) is 12.2 Å². The van der Waals surface area contributed by atoms with Crippen LogP contribution in [-0.2, 0) is 20.9 Å². The SMILES string of the molecule is CC(C)(C)OC(=O)NC(CC(=O)O)C1CCCCN1C(=O)OCc1ccccc1. The zero-order chi connectivity index (χ0) is 21.4. The Hall–Kier alpha value is -2.77. The maximum atomic E-state index is 12.7. The van der Waals surface area contributed by atoms with E-state index >= 15 is 0 Å². The van der Waals surface area contributed by atoms with Crippen LogP contribution in [0, 0.1) is 0 Å². The van der Waals surface area contributed by atoms with E-state index in [-0.39, 0.29) is 13.0 Å². The average molecular weight is 406 g/mol. The van der Waals surface area contributed by atoms with Crippen LogP contribution in [0.15, 0.2) is 30.3 Å². The van der Waals surface area contributed by atoms with Crippen molar-refractivity contribution in [1.29, 1.82) is 0 Å². The van der Waals surface area contributed by atoms with Crippen LogP contribution in [0.1, 0.15) is 52.0 Å². The minimum Gasteiger partial charge on any atom is -0.481 e. The molecular formula is C21H30N2O6. The number of ether oxygens (including phenoxy) is 2. The number of carbonyl (C=O) groups is 3. The quantitative estimate of drug-likeness (QED) is 0.749. The number of carboxylic acids is 1. The summed E-state index contributed by atoms with van der Waals surface area (Å²) in [4.78, 5) is 37.8. The van der Waals surface area contributed by atoms with Crippen LogP contribution in [0.2, 0.25) is 0 Å². The van der Waals surface area contributed by atoms with Crippen molar-refractivity contribution in [2.24, 2.45) is 0 Å². The maximum absolute atomic E-state index is 12.7. The summed E-state index contributed by atoms with van der Waals surface area (Å²) in [6.45, 7) is 5.77. The van der Waals surface area contributed by atoms with E-state index in [1.54, 1.807) is 20.8 Å². The fourth-order valence-corrected chi connectivity index (χ4v) is 3.33. The van der Waals surface area contributed by atoms with Gasteiger partial charge in [0.05, 0.1) is 18.5 Å². The Morgan fingerprint density at radius 2 is 1.90 bits per heavy atom. The molecule has 1 aliphatic heterocycles. The van der Waals surface area contributed by atoms with Crippen molar-refractivity contribution >= 4 is 18.2 Å². The molecule has 2 rings (SSSR count). The van der Waals surface area contributed by atoms with Crippen molar-refractivity contribution in [2.45, 2.75) is 70.7 Å². The van der Waals surface area contributed by atoms with Crippen molar-refractivity contribution in [3.05, 3.63) is 35.9 Å². The molecule has 2 atom stereocenters. The molecule has 1 heterocycles. The Morgan fingerprint density at radius 1 is 1.21 bits per heavy atom. The van der Waals surface area contributed by atoms with Crippen molar-refractivity contribution in [2.75, 3.05) is 6.54 Å². The Kier molecular flexibility index (Phi) is 7.87. The number of nitrogens with zero attached hydrogens (tertiary/aromatic N) is 1. The first kappa shape index (κ1) is 22.5. The number of amides is 2. The number of carboxylic acid groups (broad SMARTS) is 1. The number of nitrogens with one attached hydrogen (secondary N) is 1. The molecule has 1 aromatic carbocycles. The summed E-state index contributed by atoms with van der Waals surface area (Å²) in [6, 6.07) is 8.07. The van der Waals surface area contributed by atoms with Crippen molar-refractivity contribution in [3.8, 4) is 0 Å². The Bertz CT molecular complexity index is 701. The fraction of sp³-hybridized carbons (Fsp3) is 0.571. The molecule has 1 aromatic rings.